The first-order valence-corrected chi connectivity index (χ1v) is 22.9. The summed E-state index contributed by atoms with van der Waals surface area (Å²) < 4.78 is 11.5. The van der Waals surface area contributed by atoms with Crippen molar-refractivity contribution in [2.45, 2.75) is 220 Å². The van der Waals surface area contributed by atoms with Gasteiger partial charge in [0.15, 0.2) is 0 Å². The Balaban J connectivity index is 4.22. The lowest BCUT2D eigenvalue weighted by Gasteiger charge is -2.21. The summed E-state index contributed by atoms with van der Waals surface area (Å²) in [5.41, 5.74) is 0. The Bertz CT molecular complexity index is 787. The number of rotatable bonds is 41. The van der Waals surface area contributed by atoms with Gasteiger partial charge in [0, 0.05) is 6.54 Å². The molecule has 0 aliphatic rings. The van der Waals surface area contributed by atoms with E-state index in [1.54, 1.807) is 0 Å². The lowest BCUT2D eigenvalue weighted by atomic mass is 9.94. The number of carbonyl (C=O) groups is 2. The summed E-state index contributed by atoms with van der Waals surface area (Å²) in [5.74, 6) is -0.0129. The highest BCUT2D eigenvalue weighted by Crippen LogP contribution is 2.21. The second kappa shape index (κ2) is 40.8. The smallest absolute Gasteiger partial charge is 0.312 e. The van der Waals surface area contributed by atoms with Gasteiger partial charge in [-0.3, -0.25) is 9.59 Å². The van der Waals surface area contributed by atoms with Gasteiger partial charge in [-0.1, -0.05) is 181 Å². The fourth-order valence-corrected chi connectivity index (χ4v) is 7.02. The average Bonchev–Trinajstić information content (AvgIpc) is 3.14. The highest BCUT2D eigenvalue weighted by molar-refractivity contribution is 5.74. The third-order valence-electron chi connectivity index (χ3n) is 10.6. The van der Waals surface area contributed by atoms with Crippen LogP contribution in [0, 0.1) is 11.8 Å². The van der Waals surface area contributed by atoms with Crippen LogP contribution in [0.2, 0.25) is 0 Å². The molecule has 0 aliphatic heterocycles. The minimum Gasteiger partial charge on any atom is -0.465 e. The van der Waals surface area contributed by atoms with Gasteiger partial charge >= 0.3 is 11.9 Å². The van der Waals surface area contributed by atoms with E-state index in [0.29, 0.717) is 13.2 Å². The molecule has 6 nitrogen and oxygen atoms in total. The van der Waals surface area contributed by atoms with E-state index in [9.17, 15) is 14.7 Å². The second-order valence-electron chi connectivity index (χ2n) is 15.6. The van der Waals surface area contributed by atoms with Crippen LogP contribution in [-0.4, -0.2) is 61.4 Å². The van der Waals surface area contributed by atoms with Gasteiger partial charge in [-0.25, -0.2) is 0 Å². The van der Waals surface area contributed by atoms with E-state index in [1.807, 2.05) is 0 Å². The minimum absolute atomic E-state index is 0.0417. The van der Waals surface area contributed by atoms with Gasteiger partial charge in [-0.2, -0.15) is 0 Å². The van der Waals surface area contributed by atoms with Gasteiger partial charge in [0.1, 0.15) is 0 Å². The number of allylic oxidation sites excluding steroid dienone is 1. The molecule has 0 radical (unpaired) electrons. The first-order valence-electron chi connectivity index (χ1n) is 22.9. The molecule has 0 aromatic carbocycles. The van der Waals surface area contributed by atoms with Crippen LogP contribution in [-0.2, 0) is 19.1 Å². The van der Waals surface area contributed by atoms with Crippen LogP contribution >= 0.6 is 0 Å². The zero-order valence-electron chi connectivity index (χ0n) is 35.3. The summed E-state index contributed by atoms with van der Waals surface area (Å²) in [4.78, 5) is 28.1. The lowest BCUT2D eigenvalue weighted by molar-refractivity contribution is -0.149. The van der Waals surface area contributed by atoms with Crippen LogP contribution in [0.3, 0.4) is 0 Å². The van der Waals surface area contributed by atoms with E-state index in [4.69, 9.17) is 9.47 Å². The standard InChI is InChI=1S/C46H89NO5/c1-5-9-13-17-19-27-35-43(33-25-15-11-7-3)45(49)51-41-31-23-21-29-37-47(39-40-48)38-30-22-24-32-42-52-46(50)44(34-26-16-12-8-4)36-28-20-18-14-10-6-2/h25,33,43-44,48H,5-24,26-32,34-42H2,1-4H3/b33-25-. The summed E-state index contributed by atoms with van der Waals surface area (Å²) in [7, 11) is 0. The minimum atomic E-state index is -0.0951. The molecular weight excluding hydrogens is 647 g/mol. The quantitative estimate of drug-likeness (QED) is 0.0383. The van der Waals surface area contributed by atoms with Crippen LogP contribution in [0.15, 0.2) is 12.2 Å². The Labute approximate surface area is 324 Å². The maximum atomic E-state index is 12.9. The molecule has 0 bridgehead atoms. The molecule has 52 heavy (non-hydrogen) atoms. The Morgan fingerprint density at radius 2 is 0.923 bits per heavy atom. The Morgan fingerprint density at radius 1 is 0.500 bits per heavy atom. The van der Waals surface area contributed by atoms with E-state index in [1.165, 1.54) is 96.3 Å². The SMILES string of the molecule is CCCC/C=C\C(CCCCCCCC)C(=O)OCCCCCCN(CCO)CCCCCCOC(=O)C(CCCCCC)CCCCCCCC. The zero-order chi connectivity index (χ0) is 38.2. The molecule has 2 unspecified atom stereocenters. The van der Waals surface area contributed by atoms with Crippen molar-refractivity contribution in [1.29, 1.82) is 0 Å². The fraction of sp³-hybridized carbons (Fsp3) is 0.913. The van der Waals surface area contributed by atoms with Crippen LogP contribution in [0.5, 0.6) is 0 Å². The lowest BCUT2D eigenvalue weighted by Crippen LogP contribution is -2.29. The molecular formula is C46H89NO5. The predicted octanol–water partition coefficient (Wildman–Crippen LogP) is 12.9. The Kier molecular flexibility index (Phi) is 39.7. The predicted molar refractivity (Wildman–Crippen MR) is 223 cm³/mol. The third-order valence-corrected chi connectivity index (χ3v) is 10.6. The molecule has 0 aromatic heterocycles. The summed E-state index contributed by atoms with van der Waals surface area (Å²) in [6, 6.07) is 0. The maximum Gasteiger partial charge on any atom is 0.312 e. The number of nitrogens with zero attached hydrogens (tertiary/aromatic N) is 1. The number of aliphatic hydroxyl groups is 1. The summed E-state index contributed by atoms with van der Waals surface area (Å²) in [6.07, 6.45) is 38.8. The molecule has 0 saturated heterocycles. The van der Waals surface area contributed by atoms with Crippen LogP contribution < -0.4 is 0 Å². The molecule has 308 valence electrons. The third kappa shape index (κ3) is 33.2. The number of hydrogen-bond acceptors (Lipinski definition) is 6. The van der Waals surface area contributed by atoms with Crippen molar-refractivity contribution < 1.29 is 24.2 Å². The number of carbonyl (C=O) groups excluding carboxylic acids is 2. The largest absolute Gasteiger partial charge is 0.465 e. The normalized spacial score (nSPS) is 12.9. The summed E-state index contributed by atoms with van der Waals surface area (Å²) in [5, 5.41) is 9.60. The highest BCUT2D eigenvalue weighted by Gasteiger charge is 2.19. The molecule has 0 aromatic rings. The van der Waals surface area contributed by atoms with Crippen LogP contribution in [0.25, 0.3) is 0 Å². The summed E-state index contributed by atoms with van der Waals surface area (Å²) in [6.45, 7) is 12.9. The van der Waals surface area contributed by atoms with E-state index in [0.717, 1.165) is 116 Å². The van der Waals surface area contributed by atoms with Gasteiger partial charge in [0.05, 0.1) is 31.7 Å². The Morgan fingerprint density at radius 3 is 1.44 bits per heavy atom. The van der Waals surface area contributed by atoms with E-state index in [-0.39, 0.29) is 30.4 Å². The Hall–Kier alpha value is -1.40. The first-order chi connectivity index (χ1) is 25.5. The molecule has 0 saturated carbocycles. The van der Waals surface area contributed by atoms with E-state index >= 15 is 0 Å². The van der Waals surface area contributed by atoms with Crippen molar-refractivity contribution in [2.75, 3.05) is 39.5 Å². The van der Waals surface area contributed by atoms with Crippen molar-refractivity contribution >= 4 is 11.9 Å². The van der Waals surface area contributed by atoms with Crippen molar-refractivity contribution in [3.63, 3.8) is 0 Å². The zero-order valence-corrected chi connectivity index (χ0v) is 35.3. The monoisotopic (exact) mass is 736 g/mol. The molecule has 0 amide bonds. The van der Waals surface area contributed by atoms with Gasteiger partial charge in [-0.15, -0.1) is 0 Å². The second-order valence-corrected chi connectivity index (χ2v) is 15.6. The number of hydrogen-bond donors (Lipinski definition) is 1. The van der Waals surface area contributed by atoms with Crippen LogP contribution in [0.1, 0.15) is 220 Å². The van der Waals surface area contributed by atoms with Gasteiger partial charge < -0.3 is 19.5 Å². The topological polar surface area (TPSA) is 76.1 Å². The molecule has 0 aliphatic carbocycles. The number of esters is 2. The number of unbranched alkanes of at least 4 members (excludes halogenated alkanes) is 21. The summed E-state index contributed by atoms with van der Waals surface area (Å²) >= 11 is 0. The molecule has 1 N–H and O–H groups in total. The molecule has 0 rings (SSSR count). The number of ether oxygens (including phenoxy) is 2. The molecule has 2 atom stereocenters. The highest BCUT2D eigenvalue weighted by atomic mass is 16.5. The van der Waals surface area contributed by atoms with Gasteiger partial charge in [-0.05, 0) is 64.5 Å². The van der Waals surface area contributed by atoms with Crippen molar-refractivity contribution in [3.8, 4) is 0 Å². The van der Waals surface area contributed by atoms with Crippen molar-refractivity contribution in [3.05, 3.63) is 12.2 Å². The molecule has 6 heteroatoms. The first kappa shape index (κ1) is 50.6. The van der Waals surface area contributed by atoms with E-state index in [2.05, 4.69) is 44.7 Å². The van der Waals surface area contributed by atoms with Gasteiger partial charge in [0.25, 0.3) is 0 Å². The molecule has 0 fully saturated rings. The number of aliphatic hydroxyl groups excluding tert-OH is 1. The van der Waals surface area contributed by atoms with Crippen LogP contribution in [0.4, 0.5) is 0 Å². The molecule has 0 spiro atoms. The average molecular weight is 736 g/mol. The molecule has 0 heterocycles. The van der Waals surface area contributed by atoms with Gasteiger partial charge in [0.2, 0.25) is 0 Å². The van der Waals surface area contributed by atoms with E-state index < -0.39 is 0 Å². The van der Waals surface area contributed by atoms with Crippen molar-refractivity contribution in [1.82, 2.24) is 4.90 Å². The maximum absolute atomic E-state index is 12.9. The fourth-order valence-electron chi connectivity index (χ4n) is 7.02. The van der Waals surface area contributed by atoms with Crippen molar-refractivity contribution in [2.24, 2.45) is 11.8 Å².